The van der Waals surface area contributed by atoms with Crippen LogP contribution in [0, 0.1) is 0 Å². The summed E-state index contributed by atoms with van der Waals surface area (Å²) in [5.74, 6) is 0. The highest BCUT2D eigenvalue weighted by molar-refractivity contribution is 6.61. The van der Waals surface area contributed by atoms with Gasteiger partial charge in [-0.25, -0.2) is 0 Å². The van der Waals surface area contributed by atoms with E-state index in [1.807, 2.05) is 18.2 Å². The van der Waals surface area contributed by atoms with E-state index in [-0.39, 0.29) is 7.12 Å². The van der Waals surface area contributed by atoms with Crippen LogP contribution in [-0.2, 0) is 9.31 Å². The molecule has 2 nitrogen and oxygen atoms in total. The lowest BCUT2D eigenvalue weighted by Gasteiger charge is -2.38. The van der Waals surface area contributed by atoms with E-state index in [0.29, 0.717) is 12.2 Å². The molecule has 2 bridgehead atoms. The van der Waals surface area contributed by atoms with Crippen LogP contribution in [0.2, 0.25) is 0 Å². The highest BCUT2D eigenvalue weighted by Gasteiger charge is 2.37. The topological polar surface area (TPSA) is 18.5 Å². The lowest BCUT2D eigenvalue weighted by Crippen LogP contribution is -2.50. The minimum atomic E-state index is -0.129. The zero-order valence-corrected chi connectivity index (χ0v) is 8.76. The minimum Gasteiger partial charge on any atom is -0.404 e. The summed E-state index contributed by atoms with van der Waals surface area (Å²) >= 11 is 0. The van der Waals surface area contributed by atoms with Crippen LogP contribution in [0.5, 0.6) is 0 Å². The molecule has 1 aliphatic heterocycles. The summed E-state index contributed by atoms with van der Waals surface area (Å²) in [7, 11) is -0.129. The molecular formula is C12H15BO2. The third kappa shape index (κ3) is 1.94. The maximum atomic E-state index is 5.92. The van der Waals surface area contributed by atoms with Gasteiger partial charge in [-0.1, -0.05) is 30.3 Å². The Morgan fingerprint density at radius 1 is 1.00 bits per heavy atom. The normalized spacial score (nSPS) is 30.3. The zero-order valence-electron chi connectivity index (χ0n) is 8.76. The molecule has 2 atom stereocenters. The fourth-order valence-electron chi connectivity index (χ4n) is 2.50. The smallest absolute Gasteiger partial charge is 0.404 e. The quantitative estimate of drug-likeness (QED) is 0.645. The zero-order chi connectivity index (χ0) is 10.1. The summed E-state index contributed by atoms with van der Waals surface area (Å²) in [6.45, 7) is 0. The van der Waals surface area contributed by atoms with Gasteiger partial charge in [-0.2, -0.15) is 0 Å². The van der Waals surface area contributed by atoms with E-state index in [1.54, 1.807) is 0 Å². The van der Waals surface area contributed by atoms with Crippen LogP contribution < -0.4 is 5.46 Å². The Bertz CT molecular complexity index is 316. The van der Waals surface area contributed by atoms with Gasteiger partial charge in [0, 0.05) is 12.2 Å². The summed E-state index contributed by atoms with van der Waals surface area (Å²) in [6, 6.07) is 10.2. The van der Waals surface area contributed by atoms with Gasteiger partial charge in [-0.3, -0.25) is 0 Å². The molecule has 0 radical (unpaired) electrons. The molecule has 2 fully saturated rings. The second-order valence-electron chi connectivity index (χ2n) is 4.43. The molecule has 2 aliphatic rings. The van der Waals surface area contributed by atoms with Crippen molar-refractivity contribution in [3.8, 4) is 0 Å². The molecule has 2 unspecified atom stereocenters. The average molecular weight is 202 g/mol. The first-order chi connectivity index (χ1) is 7.42. The van der Waals surface area contributed by atoms with E-state index in [4.69, 9.17) is 9.31 Å². The maximum Gasteiger partial charge on any atom is 0.494 e. The molecule has 1 heterocycles. The summed E-state index contributed by atoms with van der Waals surface area (Å²) in [5.41, 5.74) is 1.15. The molecule has 78 valence electrons. The molecule has 3 rings (SSSR count). The molecule has 0 spiro atoms. The molecule has 0 aromatic heterocycles. The van der Waals surface area contributed by atoms with E-state index in [1.165, 1.54) is 19.3 Å². The summed E-state index contributed by atoms with van der Waals surface area (Å²) in [4.78, 5) is 0. The van der Waals surface area contributed by atoms with Crippen molar-refractivity contribution in [1.29, 1.82) is 0 Å². The van der Waals surface area contributed by atoms with Crippen LogP contribution in [0.1, 0.15) is 25.7 Å². The predicted octanol–water partition coefficient (Wildman–Crippen LogP) is 1.74. The van der Waals surface area contributed by atoms with Gasteiger partial charge in [0.2, 0.25) is 0 Å². The largest absolute Gasteiger partial charge is 0.494 e. The lowest BCUT2D eigenvalue weighted by molar-refractivity contribution is -0.0102. The van der Waals surface area contributed by atoms with Crippen molar-refractivity contribution in [2.45, 2.75) is 37.9 Å². The van der Waals surface area contributed by atoms with E-state index in [0.717, 1.165) is 11.9 Å². The second kappa shape index (κ2) is 3.99. The number of fused-ring (bicyclic) bond motifs is 2. The van der Waals surface area contributed by atoms with Gasteiger partial charge in [0.05, 0.1) is 0 Å². The first kappa shape index (κ1) is 9.43. The molecule has 1 aromatic rings. The van der Waals surface area contributed by atoms with Gasteiger partial charge < -0.3 is 9.31 Å². The van der Waals surface area contributed by atoms with Crippen molar-refractivity contribution in [3.05, 3.63) is 30.3 Å². The Kier molecular flexibility index (Phi) is 2.51. The molecule has 0 N–H and O–H groups in total. The first-order valence-corrected chi connectivity index (χ1v) is 5.78. The van der Waals surface area contributed by atoms with Crippen molar-refractivity contribution in [1.82, 2.24) is 0 Å². The predicted molar refractivity (Wildman–Crippen MR) is 60.0 cm³/mol. The van der Waals surface area contributed by atoms with Gasteiger partial charge in [-0.05, 0) is 31.1 Å². The standard InChI is InChI=1S/C12H15BO2/c1-2-5-10(6-3-1)13-14-11-7-4-8-12(9-11)15-13/h1-3,5-6,11-12H,4,7-9H2. The molecule has 3 heteroatoms. The van der Waals surface area contributed by atoms with Crippen LogP contribution in [0.4, 0.5) is 0 Å². The van der Waals surface area contributed by atoms with Crippen LogP contribution in [0.3, 0.4) is 0 Å². The Morgan fingerprint density at radius 2 is 1.67 bits per heavy atom. The molecule has 1 saturated heterocycles. The first-order valence-electron chi connectivity index (χ1n) is 5.78. The highest BCUT2D eigenvalue weighted by Crippen LogP contribution is 2.28. The highest BCUT2D eigenvalue weighted by atomic mass is 16.6. The van der Waals surface area contributed by atoms with Crippen molar-refractivity contribution in [2.24, 2.45) is 0 Å². The van der Waals surface area contributed by atoms with Crippen molar-refractivity contribution < 1.29 is 9.31 Å². The summed E-state index contributed by atoms with van der Waals surface area (Å²) in [6.07, 6.45) is 5.57. The molecule has 0 amide bonds. The Labute approximate surface area is 90.7 Å². The lowest BCUT2D eigenvalue weighted by atomic mass is 9.75. The fourth-order valence-corrected chi connectivity index (χ4v) is 2.50. The monoisotopic (exact) mass is 202 g/mol. The molecular weight excluding hydrogens is 187 g/mol. The molecule has 1 aromatic carbocycles. The number of rotatable bonds is 1. The van der Waals surface area contributed by atoms with Crippen LogP contribution in [0.25, 0.3) is 0 Å². The fraction of sp³-hybridized carbons (Fsp3) is 0.500. The van der Waals surface area contributed by atoms with E-state index < -0.39 is 0 Å². The SMILES string of the molecule is c1ccc(B2OC3CCCC(C3)O2)cc1. The van der Waals surface area contributed by atoms with Crippen molar-refractivity contribution in [2.75, 3.05) is 0 Å². The Morgan fingerprint density at radius 3 is 2.33 bits per heavy atom. The molecule has 1 aliphatic carbocycles. The van der Waals surface area contributed by atoms with E-state index >= 15 is 0 Å². The number of hydrogen-bond donors (Lipinski definition) is 0. The summed E-state index contributed by atoms with van der Waals surface area (Å²) in [5, 5.41) is 0. The van der Waals surface area contributed by atoms with Gasteiger partial charge in [0.1, 0.15) is 0 Å². The van der Waals surface area contributed by atoms with Crippen LogP contribution in [-0.4, -0.2) is 19.3 Å². The number of benzene rings is 1. The third-order valence-electron chi connectivity index (χ3n) is 3.28. The van der Waals surface area contributed by atoms with Crippen molar-refractivity contribution in [3.63, 3.8) is 0 Å². The van der Waals surface area contributed by atoms with Gasteiger partial charge in [0.15, 0.2) is 0 Å². The molecule has 15 heavy (non-hydrogen) atoms. The van der Waals surface area contributed by atoms with E-state index in [2.05, 4.69) is 12.1 Å². The minimum absolute atomic E-state index is 0.129. The Hall–Kier alpha value is -0.795. The van der Waals surface area contributed by atoms with Gasteiger partial charge in [-0.15, -0.1) is 0 Å². The summed E-state index contributed by atoms with van der Waals surface area (Å²) < 4.78 is 11.8. The second-order valence-corrected chi connectivity index (χ2v) is 4.43. The third-order valence-corrected chi connectivity index (χ3v) is 3.28. The van der Waals surface area contributed by atoms with Crippen LogP contribution >= 0.6 is 0 Å². The maximum absolute atomic E-state index is 5.92. The van der Waals surface area contributed by atoms with Gasteiger partial charge >= 0.3 is 7.12 Å². The van der Waals surface area contributed by atoms with Crippen LogP contribution in [0.15, 0.2) is 30.3 Å². The van der Waals surface area contributed by atoms with E-state index in [9.17, 15) is 0 Å². The van der Waals surface area contributed by atoms with Gasteiger partial charge in [0.25, 0.3) is 0 Å². The van der Waals surface area contributed by atoms with Crippen molar-refractivity contribution >= 4 is 12.6 Å². The number of hydrogen-bond acceptors (Lipinski definition) is 2. The molecule has 1 saturated carbocycles. The Balaban J connectivity index is 1.78. The average Bonchev–Trinajstić information content (AvgIpc) is 2.30.